The van der Waals surface area contributed by atoms with Crippen molar-refractivity contribution in [2.45, 2.75) is 43.7 Å². The van der Waals surface area contributed by atoms with Crippen LogP contribution in [0.2, 0.25) is 10.0 Å². The van der Waals surface area contributed by atoms with Crippen molar-refractivity contribution in [3.05, 3.63) is 66.9 Å². The van der Waals surface area contributed by atoms with Crippen LogP contribution in [0, 0.1) is 0 Å². The highest BCUT2D eigenvalue weighted by atomic mass is 35.5. The number of phenols is 1. The molecule has 0 spiro atoms. The van der Waals surface area contributed by atoms with E-state index in [1.165, 1.54) is 12.1 Å². The second kappa shape index (κ2) is 10.4. The summed E-state index contributed by atoms with van der Waals surface area (Å²) in [6, 6.07) is 5.88. The smallest absolute Gasteiger partial charge is 0.349 e. The molecule has 5 rings (SSSR count). The van der Waals surface area contributed by atoms with E-state index in [4.69, 9.17) is 27.9 Å². The summed E-state index contributed by atoms with van der Waals surface area (Å²) >= 11 is 12.6. The second-order valence-electron chi connectivity index (χ2n) is 9.18. The quantitative estimate of drug-likeness (QED) is 0.266. The van der Waals surface area contributed by atoms with Crippen molar-refractivity contribution in [3.8, 4) is 22.9 Å². The normalized spacial score (nSPS) is 15.8. The van der Waals surface area contributed by atoms with Gasteiger partial charge in [-0.2, -0.15) is 9.78 Å². The molecule has 3 N–H and O–H groups in total. The molecule has 0 bridgehead atoms. The third-order valence-corrected chi connectivity index (χ3v) is 7.80. The number of alkyl halides is 2. The van der Waals surface area contributed by atoms with Crippen LogP contribution < -0.4 is 25.6 Å². The van der Waals surface area contributed by atoms with Crippen LogP contribution >= 0.6 is 23.2 Å². The van der Waals surface area contributed by atoms with Gasteiger partial charge < -0.3 is 15.2 Å². The van der Waals surface area contributed by atoms with Crippen LogP contribution in [0.15, 0.2) is 39.9 Å². The van der Waals surface area contributed by atoms with E-state index in [-0.39, 0.29) is 51.8 Å². The number of nitrogens with zero attached hydrogens (tertiary/aromatic N) is 3. The molecule has 0 unspecified atom stereocenters. The van der Waals surface area contributed by atoms with Gasteiger partial charge in [-0.25, -0.2) is 22.0 Å². The predicted molar refractivity (Wildman–Crippen MR) is 140 cm³/mol. The number of carbonyl (C=O) groups excluding carboxylic acids is 1. The maximum absolute atomic E-state index is 13.1. The molecule has 2 aliphatic rings. The third kappa shape index (κ3) is 5.23. The van der Waals surface area contributed by atoms with Crippen LogP contribution in [-0.2, 0) is 15.7 Å². The minimum Gasteiger partial charge on any atom is -0.506 e. The monoisotopic (exact) mass is 617 g/mol. The fourth-order valence-electron chi connectivity index (χ4n) is 4.03. The number of aromatic nitrogens is 3. The third-order valence-electron chi connectivity index (χ3n) is 6.31. The molecule has 2 aliphatic carbocycles. The molecule has 40 heavy (non-hydrogen) atoms. The van der Waals surface area contributed by atoms with E-state index < -0.39 is 51.5 Å². The molecule has 17 heteroatoms. The summed E-state index contributed by atoms with van der Waals surface area (Å²) in [5, 5.41) is 16.3. The maximum Gasteiger partial charge on any atom is 0.349 e. The van der Waals surface area contributed by atoms with Gasteiger partial charge in [0.2, 0.25) is 16.8 Å². The van der Waals surface area contributed by atoms with E-state index >= 15 is 0 Å². The molecule has 0 atom stereocenters. The average molecular weight is 618 g/mol. The number of rotatable bonds is 9. The van der Waals surface area contributed by atoms with Gasteiger partial charge in [-0.15, -0.1) is 0 Å². The number of anilines is 1. The van der Waals surface area contributed by atoms with Crippen molar-refractivity contribution < 1.29 is 31.8 Å². The molecule has 1 heterocycles. The zero-order valence-corrected chi connectivity index (χ0v) is 22.5. The van der Waals surface area contributed by atoms with Crippen LogP contribution in [0.1, 0.15) is 37.8 Å². The predicted octanol–water partition coefficient (Wildman–Crippen LogP) is 2.81. The first kappa shape index (κ1) is 27.9. The van der Waals surface area contributed by atoms with Crippen molar-refractivity contribution in [1.29, 1.82) is 0 Å². The Balaban J connectivity index is 1.48. The molecular formula is C23H19Cl2F2N5O7S. The molecular weight excluding hydrogens is 599 g/mol. The molecule has 0 radical (unpaired) electrons. The van der Waals surface area contributed by atoms with Crippen molar-refractivity contribution in [2.75, 3.05) is 4.31 Å². The van der Waals surface area contributed by atoms with Gasteiger partial charge in [0, 0.05) is 12.1 Å². The number of amides is 1. The van der Waals surface area contributed by atoms with Gasteiger partial charge in [-0.05, 0) is 49.9 Å². The number of benzene rings is 2. The van der Waals surface area contributed by atoms with Crippen LogP contribution in [0.4, 0.5) is 14.5 Å². The molecule has 2 saturated carbocycles. The van der Waals surface area contributed by atoms with Gasteiger partial charge in [0.15, 0.2) is 11.4 Å². The largest absolute Gasteiger partial charge is 0.506 e. The lowest BCUT2D eigenvalue weighted by Crippen LogP contribution is -2.49. The highest BCUT2D eigenvalue weighted by Crippen LogP contribution is 2.49. The van der Waals surface area contributed by atoms with E-state index in [9.17, 15) is 36.7 Å². The summed E-state index contributed by atoms with van der Waals surface area (Å²) in [5.41, 5.74) is -5.40. The molecule has 1 amide bonds. The number of carbonyl (C=O) groups is 1. The fourth-order valence-corrected chi connectivity index (χ4v) is 5.52. The number of aromatic hydroxyl groups is 1. The highest BCUT2D eigenvalue weighted by molar-refractivity contribution is 7.74. The number of thiol groups is 1. The van der Waals surface area contributed by atoms with Crippen molar-refractivity contribution in [1.82, 2.24) is 20.1 Å². The van der Waals surface area contributed by atoms with Crippen LogP contribution in [0.3, 0.4) is 0 Å². The molecule has 2 fully saturated rings. The maximum atomic E-state index is 13.1. The average Bonchev–Trinajstić information content (AvgIpc) is 3.80. The topological polar surface area (TPSA) is 164 Å². The summed E-state index contributed by atoms with van der Waals surface area (Å²) in [6.07, 6.45) is -1.14. The Morgan fingerprint density at radius 1 is 1.20 bits per heavy atom. The lowest BCUT2D eigenvalue weighted by atomic mass is 10.2. The number of ether oxygens (including phenoxy) is 1. The first-order valence-corrected chi connectivity index (χ1v) is 13.6. The first-order valence-electron chi connectivity index (χ1n) is 11.7. The minimum absolute atomic E-state index is 0.00368. The molecule has 1 aromatic heterocycles. The Bertz CT molecular complexity index is 1690. The lowest BCUT2D eigenvalue weighted by molar-refractivity contribution is -0.123. The number of hydrogen-bond donors (Lipinski definition) is 4. The number of nitrogens with one attached hydrogen (secondary N) is 2. The van der Waals surface area contributed by atoms with Gasteiger partial charge >= 0.3 is 5.69 Å². The number of halogens is 4. The highest BCUT2D eigenvalue weighted by Gasteiger charge is 2.57. The molecule has 2 aromatic carbocycles. The molecule has 212 valence electrons. The number of aromatic amines is 1. The van der Waals surface area contributed by atoms with Gasteiger partial charge in [0.1, 0.15) is 17.0 Å². The Morgan fingerprint density at radius 3 is 2.40 bits per heavy atom. The first-order chi connectivity index (χ1) is 18.9. The number of hydrogen-bond acceptors (Lipinski definition) is 8. The van der Waals surface area contributed by atoms with E-state index in [1.54, 1.807) is 4.98 Å². The zero-order chi connectivity index (χ0) is 28.9. The SMILES string of the molecule is O=C(NC1CC1)C1(N(c2cc(Oc3c(Cl)cc(-n4nc(C(F)F)c(=O)[nH]c4=O)cc3Cl)ccc2O)[SH](=O)=O)CC1. The summed E-state index contributed by atoms with van der Waals surface area (Å²) in [7, 11) is -3.36. The van der Waals surface area contributed by atoms with Gasteiger partial charge in [0.25, 0.3) is 12.0 Å². The Kier molecular flexibility index (Phi) is 7.22. The standard InChI is InChI=1S/C23H19Cl2F2N5O7S/c24-13-7-11(31-22(36)29-20(34)17(30-31)19(26)27)8-14(25)18(13)39-12-3-4-16(33)15(9-12)32(40(37)38)23(5-6-23)21(35)28-10-1-2-10/h3-4,7-10,19,33,40H,1-2,5-6H2,(H,28,35)(H,29,34,36). The van der Waals surface area contributed by atoms with Gasteiger partial charge in [-0.3, -0.25) is 18.9 Å². The van der Waals surface area contributed by atoms with Crippen molar-refractivity contribution in [3.63, 3.8) is 0 Å². The molecule has 12 nitrogen and oxygen atoms in total. The van der Waals surface area contributed by atoms with Crippen LogP contribution in [-0.4, -0.2) is 45.8 Å². The molecule has 0 aliphatic heterocycles. The Hall–Kier alpha value is -3.69. The van der Waals surface area contributed by atoms with E-state index in [0.717, 1.165) is 35.3 Å². The lowest BCUT2D eigenvalue weighted by Gasteiger charge is -2.28. The van der Waals surface area contributed by atoms with E-state index in [0.29, 0.717) is 4.68 Å². The number of H-pyrrole nitrogens is 1. The summed E-state index contributed by atoms with van der Waals surface area (Å²) in [4.78, 5) is 38.4. The van der Waals surface area contributed by atoms with Gasteiger partial charge in [-0.1, -0.05) is 23.2 Å². The van der Waals surface area contributed by atoms with Gasteiger partial charge in [0.05, 0.1) is 21.4 Å². The van der Waals surface area contributed by atoms with E-state index in [2.05, 4.69) is 10.4 Å². The summed E-state index contributed by atoms with van der Waals surface area (Å²) in [6.45, 7) is 0. The zero-order valence-electron chi connectivity index (χ0n) is 20.1. The fraction of sp³-hybridized carbons (Fsp3) is 0.304. The van der Waals surface area contributed by atoms with E-state index in [1.807, 2.05) is 0 Å². The summed E-state index contributed by atoms with van der Waals surface area (Å²) < 4.78 is 57.9. The van der Waals surface area contributed by atoms with Crippen molar-refractivity contribution in [2.24, 2.45) is 0 Å². The molecule has 3 aromatic rings. The van der Waals surface area contributed by atoms with Crippen LogP contribution in [0.25, 0.3) is 5.69 Å². The molecule has 0 saturated heterocycles. The van der Waals surface area contributed by atoms with Crippen molar-refractivity contribution >= 4 is 45.7 Å². The minimum atomic E-state index is -3.36. The summed E-state index contributed by atoms with van der Waals surface area (Å²) in [5.74, 6) is -1.07. The Morgan fingerprint density at radius 2 is 1.85 bits per heavy atom. The number of phenolic OH excluding ortho intramolecular Hbond substituents is 1. The Labute approximate surface area is 235 Å². The second-order valence-corrected chi connectivity index (χ2v) is 10.9. The van der Waals surface area contributed by atoms with Crippen LogP contribution in [0.5, 0.6) is 17.2 Å².